The maximum atomic E-state index is 11.0. The van der Waals surface area contributed by atoms with Crippen LogP contribution in [0.25, 0.3) is 0 Å². The number of nitrogens with zero attached hydrogens (tertiary/aromatic N) is 2. The van der Waals surface area contributed by atoms with E-state index in [1.807, 2.05) is 0 Å². The van der Waals surface area contributed by atoms with Crippen molar-refractivity contribution >= 4 is 17.5 Å². The van der Waals surface area contributed by atoms with Crippen LogP contribution >= 0.6 is 0 Å². The molecule has 6 nitrogen and oxygen atoms in total. The van der Waals surface area contributed by atoms with Crippen molar-refractivity contribution in [3.8, 4) is 0 Å². The molecule has 0 aromatic carbocycles. The third-order valence-corrected chi connectivity index (χ3v) is 1.44. The first-order valence-electron chi connectivity index (χ1n) is 3.43. The summed E-state index contributed by atoms with van der Waals surface area (Å²) in [6.07, 6.45) is -0.0602. The van der Waals surface area contributed by atoms with E-state index in [1.54, 1.807) is 0 Å². The van der Waals surface area contributed by atoms with E-state index in [0.717, 1.165) is 5.01 Å². The van der Waals surface area contributed by atoms with Gasteiger partial charge in [-0.1, -0.05) is 0 Å². The molecule has 3 N–H and O–H groups in total. The van der Waals surface area contributed by atoms with Gasteiger partial charge < -0.3 is 10.8 Å². The molecule has 1 heterocycles. The van der Waals surface area contributed by atoms with E-state index in [-0.39, 0.29) is 31.2 Å². The smallest absolute Gasteiger partial charge is 0.265 e. The molecule has 0 fully saturated rings. The predicted molar refractivity (Wildman–Crippen MR) is 40.0 cm³/mol. The highest BCUT2D eigenvalue weighted by Crippen LogP contribution is 2.06. The van der Waals surface area contributed by atoms with Crippen molar-refractivity contribution in [2.24, 2.45) is 10.8 Å². The lowest BCUT2D eigenvalue weighted by atomic mass is 10.2. The molecule has 66 valence electrons. The predicted octanol–water partition coefficient (Wildman–Crippen LogP) is -1.95. The molecule has 0 radical (unpaired) electrons. The lowest BCUT2D eigenvalue weighted by Gasteiger charge is -2.07. The zero-order chi connectivity index (χ0) is 9.14. The average molecular weight is 171 g/mol. The van der Waals surface area contributed by atoms with Gasteiger partial charge in [-0.2, -0.15) is 5.10 Å². The van der Waals surface area contributed by atoms with Crippen molar-refractivity contribution in [2.75, 3.05) is 13.2 Å². The van der Waals surface area contributed by atoms with Gasteiger partial charge in [0.25, 0.3) is 5.91 Å². The highest BCUT2D eigenvalue weighted by molar-refractivity contribution is 6.42. The Balaban J connectivity index is 2.66. The third kappa shape index (κ3) is 1.59. The second-order valence-corrected chi connectivity index (χ2v) is 2.33. The fraction of sp³-hybridized carbons (Fsp3) is 0.500. The Hall–Kier alpha value is -1.43. The Kier molecular flexibility index (Phi) is 2.39. The van der Waals surface area contributed by atoms with Crippen LogP contribution in [0.2, 0.25) is 0 Å². The summed E-state index contributed by atoms with van der Waals surface area (Å²) >= 11 is 0. The molecule has 0 atom stereocenters. The van der Waals surface area contributed by atoms with Gasteiger partial charge in [0.05, 0.1) is 19.6 Å². The number of hydrogen-bond acceptors (Lipinski definition) is 4. The molecule has 12 heavy (non-hydrogen) atoms. The Bertz CT molecular complexity index is 248. The summed E-state index contributed by atoms with van der Waals surface area (Å²) in [5.41, 5.74) is 4.96. The summed E-state index contributed by atoms with van der Waals surface area (Å²) in [4.78, 5) is 21.5. The number of rotatable bonds is 3. The maximum Gasteiger partial charge on any atom is 0.265 e. The van der Waals surface area contributed by atoms with Crippen LogP contribution in [0.1, 0.15) is 6.42 Å². The second-order valence-electron chi connectivity index (χ2n) is 2.33. The first kappa shape index (κ1) is 8.66. The maximum absolute atomic E-state index is 11.0. The topological polar surface area (TPSA) is 96.0 Å². The molecular weight excluding hydrogens is 162 g/mol. The number of carbonyl (C=O) groups is 2. The molecule has 2 amide bonds. The van der Waals surface area contributed by atoms with Gasteiger partial charge in [-0.05, 0) is 0 Å². The van der Waals surface area contributed by atoms with E-state index in [0.29, 0.717) is 0 Å². The summed E-state index contributed by atoms with van der Waals surface area (Å²) < 4.78 is 0. The Morgan fingerprint density at radius 2 is 2.42 bits per heavy atom. The molecule has 0 aromatic heterocycles. The van der Waals surface area contributed by atoms with Gasteiger partial charge in [0.2, 0.25) is 5.91 Å². The number of aliphatic hydroxyl groups is 1. The van der Waals surface area contributed by atoms with Crippen LogP contribution in [0.5, 0.6) is 0 Å². The number of amides is 2. The molecule has 0 aliphatic carbocycles. The number of primary amides is 1. The van der Waals surface area contributed by atoms with E-state index >= 15 is 0 Å². The van der Waals surface area contributed by atoms with Gasteiger partial charge >= 0.3 is 0 Å². The molecule has 6 heteroatoms. The summed E-state index contributed by atoms with van der Waals surface area (Å²) in [6, 6.07) is 0. The fourth-order valence-electron chi connectivity index (χ4n) is 0.877. The number of hydrogen-bond donors (Lipinski definition) is 2. The lowest BCUT2D eigenvalue weighted by molar-refractivity contribution is -0.129. The highest BCUT2D eigenvalue weighted by Gasteiger charge is 2.25. The standard InChI is InChI=1S/C6H9N3O3/c7-6(12)4-3-5(11)9(8-4)1-2-10/h10H,1-3H2,(H2,7,12). The molecular formula is C6H9N3O3. The van der Waals surface area contributed by atoms with E-state index < -0.39 is 5.91 Å². The first-order chi connectivity index (χ1) is 5.65. The van der Waals surface area contributed by atoms with E-state index in [2.05, 4.69) is 5.10 Å². The van der Waals surface area contributed by atoms with E-state index in [9.17, 15) is 9.59 Å². The number of β-amino-alcohol motifs (C(OH)–C–C–N with tert-alkyl or cyclic N) is 1. The van der Waals surface area contributed by atoms with E-state index in [1.165, 1.54) is 0 Å². The van der Waals surface area contributed by atoms with Crippen molar-refractivity contribution in [3.63, 3.8) is 0 Å². The van der Waals surface area contributed by atoms with Crippen molar-refractivity contribution in [3.05, 3.63) is 0 Å². The highest BCUT2D eigenvalue weighted by atomic mass is 16.3. The van der Waals surface area contributed by atoms with Crippen LogP contribution in [-0.2, 0) is 9.59 Å². The molecule has 0 aromatic rings. The molecule has 0 bridgehead atoms. The van der Waals surface area contributed by atoms with Gasteiger partial charge in [-0.15, -0.1) is 0 Å². The van der Waals surface area contributed by atoms with Gasteiger partial charge in [0.1, 0.15) is 5.71 Å². The minimum atomic E-state index is -0.691. The number of nitrogens with two attached hydrogens (primary N) is 1. The lowest BCUT2D eigenvalue weighted by Crippen LogP contribution is -2.24. The zero-order valence-corrected chi connectivity index (χ0v) is 6.36. The average Bonchev–Trinajstić information content (AvgIpc) is 2.34. The van der Waals surface area contributed by atoms with Gasteiger partial charge in [0, 0.05) is 0 Å². The van der Waals surface area contributed by atoms with Crippen LogP contribution < -0.4 is 5.73 Å². The summed E-state index contributed by atoms with van der Waals surface area (Å²) in [5.74, 6) is -0.998. The molecule has 0 saturated carbocycles. The monoisotopic (exact) mass is 171 g/mol. The first-order valence-corrected chi connectivity index (χ1v) is 3.43. The SMILES string of the molecule is NC(=O)C1=NN(CCO)C(=O)C1. The number of hydrazone groups is 1. The molecule has 1 aliphatic heterocycles. The van der Waals surface area contributed by atoms with Gasteiger partial charge in [-0.25, -0.2) is 5.01 Å². The Morgan fingerprint density at radius 1 is 1.75 bits per heavy atom. The Morgan fingerprint density at radius 3 is 2.83 bits per heavy atom. The van der Waals surface area contributed by atoms with Gasteiger partial charge in [-0.3, -0.25) is 9.59 Å². The Labute approximate surface area is 68.6 Å². The zero-order valence-electron chi connectivity index (χ0n) is 6.36. The minimum Gasteiger partial charge on any atom is -0.394 e. The van der Waals surface area contributed by atoms with Crippen LogP contribution in [0.3, 0.4) is 0 Å². The summed E-state index contributed by atoms with van der Waals surface area (Å²) in [6.45, 7) is -0.0725. The molecule has 0 saturated heterocycles. The van der Waals surface area contributed by atoms with Crippen LogP contribution in [0.15, 0.2) is 5.10 Å². The normalized spacial score (nSPS) is 16.6. The third-order valence-electron chi connectivity index (χ3n) is 1.44. The quantitative estimate of drug-likeness (QED) is 0.516. The molecule has 0 unspecified atom stereocenters. The second kappa shape index (κ2) is 3.31. The van der Waals surface area contributed by atoms with Crippen molar-refractivity contribution < 1.29 is 14.7 Å². The van der Waals surface area contributed by atoms with Crippen LogP contribution in [0.4, 0.5) is 0 Å². The summed E-state index contributed by atoms with van der Waals surface area (Å²) in [7, 11) is 0. The molecule has 1 aliphatic rings. The minimum absolute atomic E-state index is 0.0495. The van der Waals surface area contributed by atoms with Crippen molar-refractivity contribution in [1.29, 1.82) is 0 Å². The van der Waals surface area contributed by atoms with Crippen molar-refractivity contribution in [2.45, 2.75) is 6.42 Å². The van der Waals surface area contributed by atoms with E-state index in [4.69, 9.17) is 10.8 Å². The van der Waals surface area contributed by atoms with Gasteiger partial charge in [0.15, 0.2) is 0 Å². The number of aliphatic hydroxyl groups excluding tert-OH is 1. The summed E-state index contributed by atoms with van der Waals surface area (Å²) in [5, 5.41) is 13.2. The van der Waals surface area contributed by atoms with Crippen LogP contribution in [-0.4, -0.2) is 40.8 Å². The van der Waals surface area contributed by atoms with Crippen LogP contribution in [0, 0.1) is 0 Å². The fourth-order valence-corrected chi connectivity index (χ4v) is 0.877. The largest absolute Gasteiger partial charge is 0.394 e. The van der Waals surface area contributed by atoms with Crippen molar-refractivity contribution in [1.82, 2.24) is 5.01 Å². The molecule has 1 rings (SSSR count). The number of carbonyl (C=O) groups excluding carboxylic acids is 2. The molecule has 0 spiro atoms.